The number of rotatable bonds is 6. The van der Waals surface area contributed by atoms with E-state index in [2.05, 4.69) is 36.4 Å². The SMILES string of the molecule is CN(C)c1cnccc1NC(=O)c1cc2ccc(-c3nccc(NC4CCC5NNCC5C4)n3)cc2[nH]1. The van der Waals surface area contributed by atoms with Gasteiger partial charge in [-0.3, -0.25) is 20.6 Å². The molecule has 1 aromatic carbocycles. The first-order chi connectivity index (χ1) is 18.0. The van der Waals surface area contributed by atoms with Gasteiger partial charge in [-0.05, 0) is 49.4 Å². The van der Waals surface area contributed by atoms with Crippen LogP contribution < -0.4 is 26.4 Å². The van der Waals surface area contributed by atoms with Crippen molar-refractivity contribution < 1.29 is 4.79 Å². The number of hydrogen-bond donors (Lipinski definition) is 5. The summed E-state index contributed by atoms with van der Waals surface area (Å²) in [6, 6.07) is 12.5. The van der Waals surface area contributed by atoms with E-state index < -0.39 is 0 Å². The molecule has 1 aliphatic heterocycles. The van der Waals surface area contributed by atoms with Crippen molar-refractivity contribution in [3.63, 3.8) is 0 Å². The van der Waals surface area contributed by atoms with Gasteiger partial charge in [0.1, 0.15) is 11.5 Å². The number of H-pyrrole nitrogens is 1. The van der Waals surface area contributed by atoms with E-state index in [0.29, 0.717) is 35.2 Å². The van der Waals surface area contributed by atoms with Crippen molar-refractivity contribution in [1.82, 2.24) is 30.8 Å². The van der Waals surface area contributed by atoms with Crippen molar-refractivity contribution in [2.24, 2.45) is 5.92 Å². The number of pyridine rings is 1. The van der Waals surface area contributed by atoms with E-state index in [0.717, 1.165) is 53.8 Å². The minimum atomic E-state index is -0.211. The fourth-order valence-corrected chi connectivity index (χ4v) is 5.35. The number of benzene rings is 1. The second kappa shape index (κ2) is 9.79. The molecule has 1 aliphatic carbocycles. The standard InChI is InChI=1S/C27H31N9O/c1-36(2)24-15-28-9-7-21(24)33-27(37)23-12-16-3-4-17(13-22(16)32-23)26-29-10-8-25(34-26)31-19-5-6-20-18(11-19)14-30-35-20/h3-4,7-10,12-13,15,18-20,30,32,35H,5-6,11,14H2,1-2H3,(H,28,33,37)(H,29,31,34). The van der Waals surface area contributed by atoms with E-state index in [1.54, 1.807) is 24.7 Å². The lowest BCUT2D eigenvalue weighted by atomic mass is 9.83. The lowest BCUT2D eigenvalue weighted by Gasteiger charge is -2.31. The van der Waals surface area contributed by atoms with Crippen LogP contribution in [0.5, 0.6) is 0 Å². The second-order valence-corrected chi connectivity index (χ2v) is 10.0. The zero-order chi connectivity index (χ0) is 25.4. The van der Waals surface area contributed by atoms with Crippen LogP contribution in [0.3, 0.4) is 0 Å². The largest absolute Gasteiger partial charge is 0.375 e. The Kier molecular flexibility index (Phi) is 6.19. The minimum absolute atomic E-state index is 0.211. The van der Waals surface area contributed by atoms with E-state index >= 15 is 0 Å². The second-order valence-electron chi connectivity index (χ2n) is 10.0. The summed E-state index contributed by atoms with van der Waals surface area (Å²) in [5.41, 5.74) is 10.4. The number of aromatic nitrogens is 4. The van der Waals surface area contributed by atoms with Gasteiger partial charge in [-0.15, -0.1) is 0 Å². The van der Waals surface area contributed by atoms with Gasteiger partial charge >= 0.3 is 0 Å². The Morgan fingerprint density at radius 1 is 1.11 bits per heavy atom. The Labute approximate surface area is 215 Å². The molecule has 4 heterocycles. The molecule has 6 rings (SSSR count). The molecule has 1 saturated carbocycles. The van der Waals surface area contributed by atoms with Crippen molar-refractivity contribution in [3.05, 3.63) is 60.7 Å². The van der Waals surface area contributed by atoms with E-state index in [-0.39, 0.29) is 5.91 Å². The van der Waals surface area contributed by atoms with Crippen molar-refractivity contribution in [2.75, 3.05) is 36.2 Å². The molecule has 10 nitrogen and oxygen atoms in total. The van der Waals surface area contributed by atoms with Crippen LogP contribution in [0.4, 0.5) is 17.2 Å². The van der Waals surface area contributed by atoms with Crippen LogP contribution in [0, 0.1) is 5.92 Å². The van der Waals surface area contributed by atoms with Gasteiger partial charge in [0.15, 0.2) is 5.82 Å². The van der Waals surface area contributed by atoms with Crippen LogP contribution in [0.15, 0.2) is 55.0 Å². The highest BCUT2D eigenvalue weighted by Gasteiger charge is 2.33. The molecule has 1 amide bonds. The van der Waals surface area contributed by atoms with Gasteiger partial charge in [-0.2, -0.15) is 0 Å². The number of hydrogen-bond acceptors (Lipinski definition) is 8. The zero-order valence-electron chi connectivity index (χ0n) is 21.0. The summed E-state index contributed by atoms with van der Waals surface area (Å²) >= 11 is 0. The molecule has 3 unspecified atom stereocenters. The molecule has 4 aromatic rings. The third-order valence-corrected chi connectivity index (χ3v) is 7.30. The fourth-order valence-electron chi connectivity index (χ4n) is 5.35. The summed E-state index contributed by atoms with van der Waals surface area (Å²) < 4.78 is 0. The number of carbonyl (C=O) groups excluding carboxylic acids is 1. The van der Waals surface area contributed by atoms with E-state index in [1.165, 1.54) is 0 Å². The first kappa shape index (κ1) is 23.4. The van der Waals surface area contributed by atoms with Crippen LogP contribution in [0.1, 0.15) is 29.8 Å². The molecule has 37 heavy (non-hydrogen) atoms. The predicted molar refractivity (Wildman–Crippen MR) is 146 cm³/mol. The molecule has 190 valence electrons. The van der Waals surface area contributed by atoms with Gasteiger partial charge in [-0.1, -0.05) is 12.1 Å². The highest BCUT2D eigenvalue weighted by atomic mass is 16.1. The van der Waals surface area contributed by atoms with Crippen LogP contribution in [0.25, 0.3) is 22.3 Å². The molecule has 3 atom stereocenters. The molecule has 3 aromatic heterocycles. The maximum Gasteiger partial charge on any atom is 0.272 e. The summed E-state index contributed by atoms with van der Waals surface area (Å²) in [5, 5.41) is 7.55. The molecular formula is C27H31N9O. The number of anilines is 3. The number of aromatic amines is 1. The first-order valence-corrected chi connectivity index (χ1v) is 12.7. The number of amides is 1. The molecule has 2 aliphatic rings. The number of nitrogens with zero attached hydrogens (tertiary/aromatic N) is 4. The Morgan fingerprint density at radius 3 is 2.92 bits per heavy atom. The number of carbonyl (C=O) groups is 1. The summed E-state index contributed by atoms with van der Waals surface area (Å²) in [7, 11) is 3.83. The van der Waals surface area contributed by atoms with Crippen molar-refractivity contribution in [1.29, 1.82) is 0 Å². The normalized spacial score (nSPS) is 21.0. The molecule has 0 radical (unpaired) electrons. The molecule has 5 N–H and O–H groups in total. The van der Waals surface area contributed by atoms with Crippen molar-refractivity contribution in [2.45, 2.75) is 31.3 Å². The predicted octanol–water partition coefficient (Wildman–Crippen LogP) is 3.40. The summed E-state index contributed by atoms with van der Waals surface area (Å²) in [4.78, 5) is 31.6. The minimum Gasteiger partial charge on any atom is -0.375 e. The van der Waals surface area contributed by atoms with Gasteiger partial charge in [0.25, 0.3) is 5.91 Å². The quantitative estimate of drug-likeness (QED) is 0.275. The van der Waals surface area contributed by atoms with Crippen LogP contribution >= 0.6 is 0 Å². The highest BCUT2D eigenvalue weighted by Crippen LogP contribution is 2.29. The van der Waals surface area contributed by atoms with Crippen LogP contribution in [-0.2, 0) is 0 Å². The van der Waals surface area contributed by atoms with Crippen LogP contribution in [0.2, 0.25) is 0 Å². The zero-order valence-corrected chi connectivity index (χ0v) is 21.0. The first-order valence-electron chi connectivity index (χ1n) is 12.7. The third kappa shape index (κ3) is 4.85. The average molecular weight is 498 g/mol. The van der Waals surface area contributed by atoms with Gasteiger partial charge in [0.05, 0.1) is 17.6 Å². The lowest BCUT2D eigenvalue weighted by molar-refractivity contribution is 0.102. The Hall–Kier alpha value is -4.02. The summed E-state index contributed by atoms with van der Waals surface area (Å²) in [6.45, 7) is 1.02. The average Bonchev–Trinajstić information content (AvgIpc) is 3.55. The van der Waals surface area contributed by atoms with Crippen LogP contribution in [-0.4, -0.2) is 58.6 Å². The fraction of sp³-hybridized carbons (Fsp3) is 0.333. The summed E-state index contributed by atoms with van der Waals surface area (Å²) in [5.74, 6) is 1.94. The van der Waals surface area contributed by atoms with E-state index in [1.807, 2.05) is 49.3 Å². The Morgan fingerprint density at radius 2 is 2.03 bits per heavy atom. The molecule has 2 fully saturated rings. The Bertz CT molecular complexity index is 1430. The summed E-state index contributed by atoms with van der Waals surface area (Å²) in [6.07, 6.45) is 8.58. The highest BCUT2D eigenvalue weighted by molar-refractivity contribution is 6.07. The van der Waals surface area contributed by atoms with Gasteiger partial charge in [-0.25, -0.2) is 9.97 Å². The van der Waals surface area contributed by atoms with Gasteiger partial charge < -0.3 is 20.5 Å². The molecule has 1 saturated heterocycles. The Balaban J connectivity index is 1.19. The topological polar surface area (TPSA) is 123 Å². The maximum atomic E-state index is 13.0. The van der Waals surface area contributed by atoms with Crippen molar-refractivity contribution >= 4 is 34.0 Å². The molecule has 0 spiro atoms. The van der Waals surface area contributed by atoms with E-state index in [9.17, 15) is 4.79 Å². The smallest absolute Gasteiger partial charge is 0.272 e. The number of nitrogens with one attached hydrogen (secondary N) is 5. The number of hydrazine groups is 1. The monoisotopic (exact) mass is 497 g/mol. The lowest BCUT2D eigenvalue weighted by Crippen LogP contribution is -2.39. The van der Waals surface area contributed by atoms with Crippen molar-refractivity contribution in [3.8, 4) is 11.4 Å². The van der Waals surface area contributed by atoms with Gasteiger partial charge in [0, 0.05) is 61.6 Å². The molecular weight excluding hydrogens is 466 g/mol. The molecule has 0 bridgehead atoms. The molecule has 10 heteroatoms. The number of fused-ring (bicyclic) bond motifs is 2. The third-order valence-electron chi connectivity index (χ3n) is 7.30. The van der Waals surface area contributed by atoms with E-state index in [4.69, 9.17) is 4.98 Å². The maximum absolute atomic E-state index is 13.0. The van der Waals surface area contributed by atoms with Gasteiger partial charge in [0.2, 0.25) is 0 Å².